The fraction of sp³-hybridized carbons (Fsp3) is 0.292. The van der Waals surface area contributed by atoms with Crippen LogP contribution in [0.1, 0.15) is 31.2 Å². The molecule has 0 spiro atoms. The van der Waals surface area contributed by atoms with Gasteiger partial charge in [-0.2, -0.15) is 0 Å². The molecule has 4 N–H and O–H groups in total. The fourth-order valence-electron chi connectivity index (χ4n) is 4.24. The molecule has 174 valence electrons. The van der Waals surface area contributed by atoms with Gasteiger partial charge in [-0.15, -0.1) is 5.10 Å². The third-order valence-corrected chi connectivity index (χ3v) is 6.01. The van der Waals surface area contributed by atoms with Crippen LogP contribution in [0.3, 0.4) is 0 Å². The number of fused-ring (bicyclic) bond motifs is 1. The summed E-state index contributed by atoms with van der Waals surface area (Å²) < 4.78 is 1.79. The summed E-state index contributed by atoms with van der Waals surface area (Å²) in [4.78, 5) is 24.2. The zero-order chi connectivity index (χ0) is 23.3. The molecule has 34 heavy (non-hydrogen) atoms. The van der Waals surface area contributed by atoms with E-state index in [0.29, 0.717) is 12.5 Å². The Bertz CT molecular complexity index is 1250. The van der Waals surface area contributed by atoms with Crippen LogP contribution in [-0.2, 0) is 6.54 Å². The van der Waals surface area contributed by atoms with Crippen LogP contribution in [0.5, 0.6) is 0 Å². The molecule has 0 saturated heterocycles. The predicted octanol–water partition coefficient (Wildman–Crippen LogP) is 3.79. The van der Waals surface area contributed by atoms with Gasteiger partial charge in [0.15, 0.2) is 5.65 Å². The molecule has 0 unspecified atom stereocenters. The van der Waals surface area contributed by atoms with E-state index in [1.807, 2.05) is 30.3 Å². The first-order valence-electron chi connectivity index (χ1n) is 11.3. The second kappa shape index (κ2) is 9.74. The van der Waals surface area contributed by atoms with Crippen LogP contribution in [-0.4, -0.2) is 47.8 Å². The summed E-state index contributed by atoms with van der Waals surface area (Å²) in [5, 5.41) is 22.9. The SMILES string of the molecule is O=C(O)NC1CCC(Nc2ccc3ncc(-c4cnc(NCc5ccccc5)nc4)n3n2)CC1. The second-order valence-corrected chi connectivity index (χ2v) is 8.41. The minimum Gasteiger partial charge on any atom is -0.465 e. The van der Waals surface area contributed by atoms with Crippen LogP contribution < -0.4 is 16.0 Å². The zero-order valence-electron chi connectivity index (χ0n) is 18.6. The second-order valence-electron chi connectivity index (χ2n) is 8.41. The number of aromatic nitrogens is 5. The molecule has 3 aromatic heterocycles. The van der Waals surface area contributed by atoms with E-state index in [1.165, 1.54) is 0 Å². The number of nitrogens with one attached hydrogen (secondary N) is 3. The van der Waals surface area contributed by atoms with Gasteiger partial charge in [0, 0.05) is 36.6 Å². The molecule has 1 saturated carbocycles. The van der Waals surface area contributed by atoms with Crippen LogP contribution in [0, 0.1) is 0 Å². The van der Waals surface area contributed by atoms with Crippen molar-refractivity contribution in [1.29, 1.82) is 0 Å². The molecule has 1 fully saturated rings. The van der Waals surface area contributed by atoms with E-state index in [2.05, 4.69) is 43.0 Å². The summed E-state index contributed by atoms with van der Waals surface area (Å²) in [7, 11) is 0. The number of carbonyl (C=O) groups is 1. The monoisotopic (exact) mass is 458 g/mol. The number of imidazole rings is 1. The van der Waals surface area contributed by atoms with Crippen molar-refractivity contribution in [3.8, 4) is 11.3 Å². The summed E-state index contributed by atoms with van der Waals surface area (Å²) in [6.45, 7) is 0.653. The quantitative estimate of drug-likeness (QED) is 0.329. The Balaban J connectivity index is 1.25. The first-order valence-corrected chi connectivity index (χ1v) is 11.3. The van der Waals surface area contributed by atoms with Gasteiger partial charge in [0.2, 0.25) is 5.95 Å². The van der Waals surface area contributed by atoms with Crippen LogP contribution in [0.4, 0.5) is 16.6 Å². The Morgan fingerprint density at radius 2 is 1.68 bits per heavy atom. The van der Waals surface area contributed by atoms with Crippen LogP contribution >= 0.6 is 0 Å². The topological polar surface area (TPSA) is 129 Å². The first-order chi connectivity index (χ1) is 16.6. The third-order valence-electron chi connectivity index (χ3n) is 6.01. The van der Waals surface area contributed by atoms with E-state index in [1.54, 1.807) is 23.1 Å². The van der Waals surface area contributed by atoms with Crippen molar-refractivity contribution in [2.75, 3.05) is 10.6 Å². The number of nitrogens with zero attached hydrogens (tertiary/aromatic N) is 5. The fourth-order valence-corrected chi connectivity index (χ4v) is 4.24. The number of rotatable bonds is 7. The number of amides is 1. The third kappa shape index (κ3) is 5.06. The molecular formula is C24H26N8O2. The van der Waals surface area contributed by atoms with Gasteiger partial charge >= 0.3 is 6.09 Å². The van der Waals surface area contributed by atoms with E-state index in [9.17, 15) is 4.79 Å². The summed E-state index contributed by atoms with van der Waals surface area (Å²) in [5.41, 5.74) is 3.53. The van der Waals surface area contributed by atoms with Crippen molar-refractivity contribution in [3.63, 3.8) is 0 Å². The number of anilines is 2. The van der Waals surface area contributed by atoms with Gasteiger partial charge in [-0.25, -0.2) is 24.3 Å². The van der Waals surface area contributed by atoms with Crippen molar-refractivity contribution in [3.05, 3.63) is 66.6 Å². The highest BCUT2D eigenvalue weighted by molar-refractivity contribution is 5.65. The highest BCUT2D eigenvalue weighted by atomic mass is 16.4. The van der Waals surface area contributed by atoms with Gasteiger partial charge in [-0.05, 0) is 43.4 Å². The van der Waals surface area contributed by atoms with Crippen molar-refractivity contribution >= 4 is 23.5 Å². The van der Waals surface area contributed by atoms with Crippen molar-refractivity contribution in [2.24, 2.45) is 0 Å². The molecule has 10 nitrogen and oxygen atoms in total. The Labute approximate surface area is 196 Å². The van der Waals surface area contributed by atoms with Crippen LogP contribution in [0.15, 0.2) is 61.1 Å². The maximum atomic E-state index is 10.8. The summed E-state index contributed by atoms with van der Waals surface area (Å²) in [6, 6.07) is 14.2. The lowest BCUT2D eigenvalue weighted by Crippen LogP contribution is -2.39. The zero-order valence-corrected chi connectivity index (χ0v) is 18.6. The molecule has 1 aromatic carbocycles. The van der Waals surface area contributed by atoms with Crippen molar-refractivity contribution in [2.45, 2.75) is 44.3 Å². The standard InChI is InChI=1S/C24H26N8O2/c33-24(34)30-19-8-6-18(7-9-19)29-21-10-11-22-25-15-20(32(22)31-21)17-13-27-23(28-14-17)26-12-16-4-2-1-3-5-16/h1-5,10-11,13-15,18-19,30H,6-9,12H2,(H,29,31)(H,33,34)(H,26,27,28). The molecule has 0 radical (unpaired) electrons. The molecule has 1 aliphatic rings. The van der Waals surface area contributed by atoms with Gasteiger partial charge in [-0.3, -0.25) is 0 Å². The Morgan fingerprint density at radius 1 is 0.941 bits per heavy atom. The largest absolute Gasteiger partial charge is 0.465 e. The Hall–Kier alpha value is -4.21. The van der Waals surface area contributed by atoms with Gasteiger partial charge < -0.3 is 21.1 Å². The van der Waals surface area contributed by atoms with Gasteiger partial charge in [0.25, 0.3) is 0 Å². The Morgan fingerprint density at radius 3 is 2.41 bits per heavy atom. The van der Waals surface area contributed by atoms with Gasteiger partial charge in [0.05, 0.1) is 11.9 Å². The van der Waals surface area contributed by atoms with E-state index in [-0.39, 0.29) is 12.1 Å². The van der Waals surface area contributed by atoms with E-state index >= 15 is 0 Å². The number of hydrogen-bond acceptors (Lipinski definition) is 7. The molecule has 0 aliphatic heterocycles. The molecule has 4 aromatic rings. The van der Waals surface area contributed by atoms with E-state index in [4.69, 9.17) is 10.2 Å². The normalized spacial score (nSPS) is 17.9. The van der Waals surface area contributed by atoms with Crippen molar-refractivity contribution < 1.29 is 9.90 Å². The minimum absolute atomic E-state index is 0.0244. The highest BCUT2D eigenvalue weighted by Gasteiger charge is 2.22. The van der Waals surface area contributed by atoms with Crippen molar-refractivity contribution in [1.82, 2.24) is 29.9 Å². The van der Waals surface area contributed by atoms with Crippen LogP contribution in [0.25, 0.3) is 16.9 Å². The molecular weight excluding hydrogens is 432 g/mol. The average Bonchev–Trinajstić information content (AvgIpc) is 3.28. The molecule has 10 heteroatoms. The van der Waals surface area contributed by atoms with Crippen LogP contribution in [0.2, 0.25) is 0 Å². The molecule has 0 bridgehead atoms. The maximum absolute atomic E-state index is 10.8. The molecule has 1 amide bonds. The maximum Gasteiger partial charge on any atom is 0.404 e. The summed E-state index contributed by atoms with van der Waals surface area (Å²) in [6.07, 6.45) is 7.73. The van der Waals surface area contributed by atoms with E-state index < -0.39 is 6.09 Å². The number of benzene rings is 1. The molecule has 5 rings (SSSR count). The average molecular weight is 459 g/mol. The predicted molar refractivity (Wildman–Crippen MR) is 129 cm³/mol. The molecule has 0 atom stereocenters. The lowest BCUT2D eigenvalue weighted by Gasteiger charge is -2.29. The first kappa shape index (κ1) is 21.6. The summed E-state index contributed by atoms with van der Waals surface area (Å²) in [5.74, 6) is 1.31. The van der Waals surface area contributed by atoms with E-state index in [0.717, 1.165) is 54.0 Å². The van der Waals surface area contributed by atoms with Gasteiger partial charge in [0.1, 0.15) is 5.82 Å². The van der Waals surface area contributed by atoms with Gasteiger partial charge in [-0.1, -0.05) is 30.3 Å². The Kier molecular flexibility index (Phi) is 6.19. The molecule has 3 heterocycles. The number of carboxylic acid groups (broad SMARTS) is 1. The summed E-state index contributed by atoms with van der Waals surface area (Å²) >= 11 is 0. The number of hydrogen-bond donors (Lipinski definition) is 4. The highest BCUT2D eigenvalue weighted by Crippen LogP contribution is 2.24. The molecule has 1 aliphatic carbocycles. The lowest BCUT2D eigenvalue weighted by atomic mass is 9.91. The lowest BCUT2D eigenvalue weighted by molar-refractivity contribution is 0.185. The minimum atomic E-state index is -0.958. The smallest absolute Gasteiger partial charge is 0.404 e.